The van der Waals surface area contributed by atoms with E-state index < -0.39 is 11.9 Å². The van der Waals surface area contributed by atoms with E-state index in [0.717, 1.165) is 22.3 Å². The van der Waals surface area contributed by atoms with Crippen molar-refractivity contribution in [1.82, 2.24) is 20.6 Å². The Labute approximate surface area is 165 Å². The number of pyridine rings is 1. The summed E-state index contributed by atoms with van der Waals surface area (Å²) in [7, 11) is 3.20. The van der Waals surface area contributed by atoms with Crippen LogP contribution in [0.5, 0.6) is 5.88 Å². The smallest absolute Gasteiger partial charge is 0.434 e. The summed E-state index contributed by atoms with van der Waals surface area (Å²) in [6, 6.07) is 3.68. The van der Waals surface area contributed by atoms with Gasteiger partial charge in [0.25, 0.3) is 0 Å². The molecule has 0 aliphatic heterocycles. The van der Waals surface area contributed by atoms with E-state index in [9.17, 15) is 13.2 Å². The van der Waals surface area contributed by atoms with Crippen LogP contribution in [0.2, 0.25) is 0 Å². The monoisotopic (exact) mass is 417 g/mol. The third-order valence-corrected chi connectivity index (χ3v) is 4.43. The van der Waals surface area contributed by atoms with Crippen LogP contribution in [0.15, 0.2) is 28.7 Å². The zero-order valence-electron chi connectivity index (χ0n) is 15.5. The van der Waals surface area contributed by atoms with E-state index in [0.29, 0.717) is 49.6 Å². The van der Waals surface area contributed by atoms with Gasteiger partial charge in [-0.15, -0.1) is 11.3 Å². The van der Waals surface area contributed by atoms with Crippen molar-refractivity contribution in [1.29, 1.82) is 0 Å². The van der Waals surface area contributed by atoms with Crippen molar-refractivity contribution in [2.75, 3.05) is 33.9 Å². The highest BCUT2D eigenvalue weighted by Gasteiger charge is 2.33. The summed E-state index contributed by atoms with van der Waals surface area (Å²) < 4.78 is 48.3. The summed E-state index contributed by atoms with van der Waals surface area (Å²) in [6.07, 6.45) is -2.41. The van der Waals surface area contributed by atoms with Crippen LogP contribution in [0.25, 0.3) is 0 Å². The van der Waals surface area contributed by atoms with E-state index in [4.69, 9.17) is 9.47 Å². The van der Waals surface area contributed by atoms with Crippen molar-refractivity contribution in [3.05, 3.63) is 40.0 Å². The second-order valence-corrected chi connectivity index (χ2v) is 6.48. The lowest BCUT2D eigenvalue weighted by molar-refractivity contribution is -0.140. The predicted molar refractivity (Wildman–Crippen MR) is 101 cm³/mol. The number of aromatic nitrogens is 2. The van der Waals surface area contributed by atoms with Crippen molar-refractivity contribution >= 4 is 17.3 Å². The molecule has 2 aromatic rings. The van der Waals surface area contributed by atoms with Gasteiger partial charge in [0.15, 0.2) is 11.7 Å². The van der Waals surface area contributed by atoms with Gasteiger partial charge in [-0.1, -0.05) is 6.07 Å². The molecule has 0 aliphatic carbocycles. The molecule has 2 aromatic heterocycles. The Morgan fingerprint density at radius 3 is 2.79 bits per heavy atom. The van der Waals surface area contributed by atoms with Crippen LogP contribution < -0.4 is 15.4 Å². The minimum absolute atomic E-state index is 0.361. The molecular weight excluding hydrogens is 395 g/mol. The molecule has 11 heteroatoms. The average molecular weight is 417 g/mol. The van der Waals surface area contributed by atoms with Gasteiger partial charge >= 0.3 is 6.18 Å². The molecule has 0 atom stereocenters. The van der Waals surface area contributed by atoms with Crippen LogP contribution in [-0.4, -0.2) is 49.8 Å². The van der Waals surface area contributed by atoms with Gasteiger partial charge in [0.05, 0.1) is 11.6 Å². The van der Waals surface area contributed by atoms with Crippen molar-refractivity contribution in [3.63, 3.8) is 0 Å². The maximum absolute atomic E-state index is 12.6. The number of halogens is 3. The second-order valence-electron chi connectivity index (χ2n) is 5.54. The summed E-state index contributed by atoms with van der Waals surface area (Å²) in [5, 5.41) is 7.61. The lowest BCUT2D eigenvalue weighted by Gasteiger charge is -2.13. The SMILES string of the molecule is CN=C(NCCc1nc(C(F)(F)F)cs1)NCc1cccnc1OCCOC. The number of hydrogen-bond donors (Lipinski definition) is 2. The Hall–Kier alpha value is -2.40. The minimum Gasteiger partial charge on any atom is -0.475 e. The number of guanidine groups is 1. The largest absolute Gasteiger partial charge is 0.475 e. The van der Waals surface area contributed by atoms with Crippen molar-refractivity contribution in [3.8, 4) is 5.88 Å². The molecule has 0 unspecified atom stereocenters. The van der Waals surface area contributed by atoms with Crippen LogP contribution in [0.3, 0.4) is 0 Å². The van der Waals surface area contributed by atoms with Gasteiger partial charge in [-0.3, -0.25) is 4.99 Å². The number of alkyl halides is 3. The first-order valence-corrected chi connectivity index (χ1v) is 9.33. The van der Waals surface area contributed by atoms with E-state index in [1.807, 2.05) is 6.07 Å². The topological polar surface area (TPSA) is 80.7 Å². The van der Waals surface area contributed by atoms with Gasteiger partial charge in [-0.25, -0.2) is 9.97 Å². The van der Waals surface area contributed by atoms with E-state index in [2.05, 4.69) is 25.6 Å². The maximum Gasteiger partial charge on any atom is 0.434 e. The molecule has 2 N–H and O–H groups in total. The molecule has 0 bridgehead atoms. The first-order valence-electron chi connectivity index (χ1n) is 8.45. The standard InChI is InChI=1S/C17H22F3N5O2S/c1-21-16(23-7-5-14-25-13(11-28-14)17(18,19)20)24-10-12-4-3-6-22-15(12)27-9-8-26-2/h3-4,6,11H,5,7-10H2,1-2H3,(H2,21,23,24). The molecule has 0 radical (unpaired) electrons. The van der Waals surface area contributed by atoms with E-state index in [1.165, 1.54) is 0 Å². The fraction of sp³-hybridized carbons (Fsp3) is 0.471. The predicted octanol–water partition coefficient (Wildman–Crippen LogP) is 2.49. The number of hydrogen-bond acceptors (Lipinski definition) is 6. The number of rotatable bonds is 9. The third kappa shape index (κ3) is 6.97. The number of thiazole rings is 1. The summed E-state index contributed by atoms with van der Waals surface area (Å²) >= 11 is 0.991. The van der Waals surface area contributed by atoms with Gasteiger partial charge < -0.3 is 20.1 Å². The minimum atomic E-state index is -4.41. The zero-order chi connectivity index (χ0) is 20.4. The fourth-order valence-electron chi connectivity index (χ4n) is 2.15. The first kappa shape index (κ1) is 21.9. The molecular formula is C17H22F3N5O2S. The van der Waals surface area contributed by atoms with E-state index >= 15 is 0 Å². The Morgan fingerprint density at radius 2 is 2.11 bits per heavy atom. The molecule has 154 valence electrons. The molecule has 7 nitrogen and oxygen atoms in total. The summed E-state index contributed by atoms with van der Waals surface area (Å²) in [5.41, 5.74) is -0.0103. The molecule has 2 rings (SSSR count). The lowest BCUT2D eigenvalue weighted by atomic mass is 10.2. The Morgan fingerprint density at radius 1 is 1.29 bits per heavy atom. The van der Waals surface area contributed by atoms with Crippen molar-refractivity contribution < 1.29 is 22.6 Å². The van der Waals surface area contributed by atoms with Crippen LogP contribution >= 0.6 is 11.3 Å². The molecule has 0 saturated carbocycles. The number of aliphatic imine (C=N–C) groups is 1. The van der Waals surface area contributed by atoms with E-state index in [-0.39, 0.29) is 0 Å². The Balaban J connectivity index is 1.81. The first-order chi connectivity index (χ1) is 13.4. The molecule has 28 heavy (non-hydrogen) atoms. The van der Waals surface area contributed by atoms with Crippen LogP contribution in [0, 0.1) is 0 Å². The molecule has 0 spiro atoms. The normalized spacial score (nSPS) is 12.1. The number of nitrogens with one attached hydrogen (secondary N) is 2. The molecule has 0 aromatic carbocycles. The number of ether oxygens (including phenoxy) is 2. The molecule has 0 fully saturated rings. The molecule has 2 heterocycles. The summed E-state index contributed by atoms with van der Waals surface area (Å²) in [5.74, 6) is 1.02. The van der Waals surface area contributed by atoms with Crippen LogP contribution in [-0.2, 0) is 23.9 Å². The Bertz CT molecular complexity index is 767. The fourth-order valence-corrected chi connectivity index (χ4v) is 2.96. The highest BCUT2D eigenvalue weighted by atomic mass is 32.1. The van der Waals surface area contributed by atoms with Crippen molar-refractivity contribution in [2.24, 2.45) is 4.99 Å². The third-order valence-electron chi connectivity index (χ3n) is 3.52. The van der Waals surface area contributed by atoms with Gasteiger partial charge in [0.2, 0.25) is 5.88 Å². The van der Waals surface area contributed by atoms with Gasteiger partial charge in [-0.2, -0.15) is 13.2 Å². The summed E-state index contributed by atoms with van der Waals surface area (Å²) in [6.45, 7) is 1.67. The number of nitrogens with zero attached hydrogens (tertiary/aromatic N) is 3. The van der Waals surface area contributed by atoms with Gasteiger partial charge in [0.1, 0.15) is 6.61 Å². The maximum atomic E-state index is 12.6. The van der Waals surface area contributed by atoms with E-state index in [1.54, 1.807) is 26.4 Å². The number of methoxy groups -OCH3 is 1. The molecule has 0 amide bonds. The highest BCUT2D eigenvalue weighted by molar-refractivity contribution is 7.09. The van der Waals surface area contributed by atoms with Crippen LogP contribution in [0.4, 0.5) is 13.2 Å². The lowest BCUT2D eigenvalue weighted by Crippen LogP contribution is -2.38. The van der Waals surface area contributed by atoms with Gasteiger partial charge in [-0.05, 0) is 6.07 Å². The quantitative estimate of drug-likeness (QED) is 0.371. The highest BCUT2D eigenvalue weighted by Crippen LogP contribution is 2.29. The molecule has 0 saturated heterocycles. The van der Waals surface area contributed by atoms with Gasteiger partial charge in [0, 0.05) is 50.8 Å². The second kappa shape index (κ2) is 10.8. The van der Waals surface area contributed by atoms with Crippen molar-refractivity contribution in [2.45, 2.75) is 19.1 Å². The summed E-state index contributed by atoms with van der Waals surface area (Å²) in [4.78, 5) is 11.9. The average Bonchev–Trinajstić information content (AvgIpc) is 3.15. The zero-order valence-corrected chi connectivity index (χ0v) is 16.4. The molecule has 0 aliphatic rings. The van der Waals surface area contributed by atoms with Crippen LogP contribution in [0.1, 0.15) is 16.3 Å². The Kier molecular flexibility index (Phi) is 8.45.